The number of carbonyl (C=O) groups is 1. The predicted molar refractivity (Wildman–Crippen MR) is 95.2 cm³/mol. The third-order valence-corrected chi connectivity index (χ3v) is 4.06. The molecule has 0 saturated heterocycles. The number of aryl methyl sites for hydroxylation is 2. The Morgan fingerprint density at radius 1 is 1.12 bits per heavy atom. The van der Waals surface area contributed by atoms with Crippen LogP contribution in [0.2, 0.25) is 0 Å². The lowest BCUT2D eigenvalue weighted by atomic mass is 10.1. The van der Waals surface area contributed by atoms with E-state index in [2.05, 4.69) is 6.07 Å². The molecule has 0 saturated carbocycles. The number of nitrogens with zero attached hydrogens (tertiary/aromatic N) is 2. The number of methoxy groups -OCH3 is 1. The molecule has 1 amide bonds. The van der Waals surface area contributed by atoms with Crippen molar-refractivity contribution in [1.29, 1.82) is 5.26 Å². The molecule has 2 aromatic rings. The van der Waals surface area contributed by atoms with E-state index in [0.29, 0.717) is 19.4 Å². The van der Waals surface area contributed by atoms with Gasteiger partial charge in [0.1, 0.15) is 5.75 Å². The minimum Gasteiger partial charge on any atom is -0.497 e. The first-order chi connectivity index (χ1) is 11.5. The number of hydrogen-bond acceptors (Lipinski definition) is 3. The lowest BCUT2D eigenvalue weighted by Crippen LogP contribution is -2.33. The second kappa shape index (κ2) is 8.16. The quantitative estimate of drug-likeness (QED) is 0.813. The largest absolute Gasteiger partial charge is 0.497 e. The summed E-state index contributed by atoms with van der Waals surface area (Å²) in [5, 5.41) is 8.89. The molecule has 0 aromatic heterocycles. The fraction of sp³-hybridized carbons (Fsp3) is 0.300. The normalized spacial score (nSPS) is 10.1. The number of benzene rings is 2. The first kappa shape index (κ1) is 17.6. The molecule has 0 radical (unpaired) electrons. The third-order valence-electron chi connectivity index (χ3n) is 4.06. The Bertz CT molecular complexity index is 745. The second-order valence-electron chi connectivity index (χ2n) is 5.75. The van der Waals surface area contributed by atoms with Crippen LogP contribution in [0.15, 0.2) is 42.5 Å². The van der Waals surface area contributed by atoms with Crippen molar-refractivity contribution in [2.24, 2.45) is 0 Å². The van der Waals surface area contributed by atoms with Crippen LogP contribution >= 0.6 is 0 Å². The molecule has 124 valence electrons. The van der Waals surface area contributed by atoms with Gasteiger partial charge in [-0.2, -0.15) is 5.26 Å². The molecule has 0 heterocycles. The van der Waals surface area contributed by atoms with Gasteiger partial charge in [-0.1, -0.05) is 18.2 Å². The summed E-state index contributed by atoms with van der Waals surface area (Å²) in [5.41, 5.74) is 4.08. The van der Waals surface area contributed by atoms with Gasteiger partial charge in [0.2, 0.25) is 5.91 Å². The average Bonchev–Trinajstić information content (AvgIpc) is 2.59. The summed E-state index contributed by atoms with van der Waals surface area (Å²) < 4.78 is 5.14. The van der Waals surface area contributed by atoms with E-state index in [9.17, 15) is 4.79 Å². The molecule has 0 N–H and O–H groups in total. The molecule has 4 heteroatoms. The van der Waals surface area contributed by atoms with Crippen molar-refractivity contribution in [2.45, 2.75) is 26.7 Å². The summed E-state index contributed by atoms with van der Waals surface area (Å²) in [6.45, 7) is 4.46. The highest BCUT2D eigenvalue weighted by atomic mass is 16.5. The number of anilines is 1. The van der Waals surface area contributed by atoms with Crippen LogP contribution in [0.3, 0.4) is 0 Å². The highest BCUT2D eigenvalue weighted by molar-refractivity contribution is 5.94. The smallest absolute Gasteiger partial charge is 0.231 e. The maximum Gasteiger partial charge on any atom is 0.231 e. The number of ether oxygens (including phenoxy) is 1. The fourth-order valence-corrected chi connectivity index (χ4v) is 2.47. The summed E-state index contributed by atoms with van der Waals surface area (Å²) in [6, 6.07) is 15.5. The Hall–Kier alpha value is -2.80. The molecule has 0 atom stereocenters. The maximum absolute atomic E-state index is 12.8. The van der Waals surface area contributed by atoms with Gasteiger partial charge in [0.15, 0.2) is 0 Å². The van der Waals surface area contributed by atoms with E-state index in [1.807, 2.05) is 56.3 Å². The van der Waals surface area contributed by atoms with Gasteiger partial charge in [0.05, 0.1) is 26.0 Å². The zero-order valence-electron chi connectivity index (χ0n) is 14.4. The third kappa shape index (κ3) is 4.36. The number of rotatable bonds is 6. The Morgan fingerprint density at radius 2 is 1.83 bits per heavy atom. The van der Waals surface area contributed by atoms with Gasteiger partial charge >= 0.3 is 0 Å². The Kier molecular flexibility index (Phi) is 5.97. The summed E-state index contributed by atoms with van der Waals surface area (Å²) >= 11 is 0. The predicted octanol–water partition coefficient (Wildman–Crippen LogP) is 3.80. The minimum absolute atomic E-state index is 0.0151. The molecule has 2 aromatic carbocycles. The van der Waals surface area contributed by atoms with Gasteiger partial charge in [-0.15, -0.1) is 0 Å². The lowest BCUT2D eigenvalue weighted by Gasteiger charge is -2.23. The van der Waals surface area contributed by atoms with Crippen LogP contribution < -0.4 is 9.64 Å². The number of amides is 1. The first-order valence-electron chi connectivity index (χ1n) is 7.92. The molecule has 0 aliphatic rings. The molecule has 0 bridgehead atoms. The van der Waals surface area contributed by atoms with Gasteiger partial charge < -0.3 is 9.64 Å². The van der Waals surface area contributed by atoms with E-state index in [4.69, 9.17) is 10.00 Å². The standard InChI is InChI=1S/C20H22N2O2/c1-15-5-8-18(13-16(15)2)22(12-4-11-21)20(23)14-17-6-9-19(24-3)10-7-17/h5-10,13H,4,12,14H2,1-3H3. The Labute approximate surface area is 143 Å². The van der Waals surface area contributed by atoms with Gasteiger partial charge in [-0.05, 0) is 54.8 Å². The molecule has 2 rings (SSSR count). The topological polar surface area (TPSA) is 53.3 Å². The number of hydrogen-bond donors (Lipinski definition) is 0. The van der Waals surface area contributed by atoms with Crippen LogP contribution in [-0.4, -0.2) is 19.6 Å². The van der Waals surface area contributed by atoms with Crippen molar-refractivity contribution < 1.29 is 9.53 Å². The van der Waals surface area contributed by atoms with Crippen LogP contribution in [0.1, 0.15) is 23.1 Å². The van der Waals surface area contributed by atoms with Gasteiger partial charge in [-0.3, -0.25) is 4.79 Å². The van der Waals surface area contributed by atoms with E-state index >= 15 is 0 Å². The van der Waals surface area contributed by atoms with E-state index in [1.54, 1.807) is 12.0 Å². The van der Waals surface area contributed by atoms with Crippen molar-refractivity contribution in [3.63, 3.8) is 0 Å². The molecular weight excluding hydrogens is 300 g/mol. The molecule has 0 aliphatic carbocycles. The molecule has 0 unspecified atom stereocenters. The monoisotopic (exact) mass is 322 g/mol. The fourth-order valence-electron chi connectivity index (χ4n) is 2.47. The average molecular weight is 322 g/mol. The molecule has 24 heavy (non-hydrogen) atoms. The summed E-state index contributed by atoms with van der Waals surface area (Å²) in [6.07, 6.45) is 0.601. The van der Waals surface area contributed by atoms with Crippen molar-refractivity contribution in [3.8, 4) is 11.8 Å². The molecule has 0 spiro atoms. The zero-order chi connectivity index (χ0) is 17.5. The van der Waals surface area contributed by atoms with Crippen molar-refractivity contribution in [2.75, 3.05) is 18.6 Å². The van der Waals surface area contributed by atoms with Gasteiger partial charge in [0.25, 0.3) is 0 Å². The SMILES string of the molecule is COc1ccc(CC(=O)N(CCC#N)c2ccc(C)c(C)c2)cc1. The van der Waals surface area contributed by atoms with Crippen molar-refractivity contribution >= 4 is 11.6 Å². The Morgan fingerprint density at radius 3 is 2.42 bits per heavy atom. The van der Waals surface area contributed by atoms with E-state index < -0.39 is 0 Å². The molecule has 0 aliphatic heterocycles. The number of carbonyl (C=O) groups excluding carboxylic acids is 1. The van der Waals surface area contributed by atoms with E-state index in [-0.39, 0.29) is 5.91 Å². The van der Waals surface area contributed by atoms with Crippen molar-refractivity contribution in [3.05, 3.63) is 59.2 Å². The minimum atomic E-state index is -0.0151. The van der Waals surface area contributed by atoms with Crippen LogP contribution in [0.5, 0.6) is 5.75 Å². The van der Waals surface area contributed by atoms with E-state index in [1.165, 1.54) is 5.56 Å². The molecule has 0 fully saturated rings. The van der Waals surface area contributed by atoms with Gasteiger partial charge in [0, 0.05) is 12.2 Å². The maximum atomic E-state index is 12.8. The summed E-state index contributed by atoms with van der Waals surface area (Å²) in [4.78, 5) is 14.4. The van der Waals surface area contributed by atoms with Gasteiger partial charge in [-0.25, -0.2) is 0 Å². The zero-order valence-corrected chi connectivity index (χ0v) is 14.4. The molecular formula is C20H22N2O2. The lowest BCUT2D eigenvalue weighted by molar-refractivity contribution is -0.118. The number of nitriles is 1. The Balaban J connectivity index is 2.20. The molecule has 4 nitrogen and oxygen atoms in total. The van der Waals surface area contributed by atoms with E-state index in [0.717, 1.165) is 22.6 Å². The van der Waals surface area contributed by atoms with Crippen LogP contribution in [0.4, 0.5) is 5.69 Å². The summed E-state index contributed by atoms with van der Waals surface area (Å²) in [5.74, 6) is 0.750. The van der Waals surface area contributed by atoms with Crippen LogP contribution in [0, 0.1) is 25.2 Å². The second-order valence-corrected chi connectivity index (χ2v) is 5.75. The van der Waals surface area contributed by atoms with Crippen molar-refractivity contribution in [1.82, 2.24) is 0 Å². The van der Waals surface area contributed by atoms with Crippen LogP contribution in [-0.2, 0) is 11.2 Å². The van der Waals surface area contributed by atoms with Crippen LogP contribution in [0.25, 0.3) is 0 Å². The highest BCUT2D eigenvalue weighted by Gasteiger charge is 2.16. The first-order valence-corrected chi connectivity index (χ1v) is 7.92. The highest BCUT2D eigenvalue weighted by Crippen LogP contribution is 2.21. The summed E-state index contributed by atoms with van der Waals surface area (Å²) in [7, 11) is 1.61.